The zero-order chi connectivity index (χ0) is 15.5. The Morgan fingerprint density at radius 3 is 2.43 bits per heavy atom. The summed E-state index contributed by atoms with van der Waals surface area (Å²) in [7, 11) is 0. The second-order valence-electron chi connectivity index (χ2n) is 3.50. The van der Waals surface area contributed by atoms with Gasteiger partial charge in [0.15, 0.2) is 5.82 Å². The van der Waals surface area contributed by atoms with E-state index in [0.29, 0.717) is 24.1 Å². The highest BCUT2D eigenvalue weighted by molar-refractivity contribution is 5.84. The molecule has 0 radical (unpaired) electrons. The number of hydrogen-bond acceptors (Lipinski definition) is 5. The van der Waals surface area contributed by atoms with E-state index < -0.39 is 6.09 Å². The van der Waals surface area contributed by atoms with Crippen LogP contribution in [0.5, 0.6) is 11.6 Å². The molecule has 1 aromatic carbocycles. The van der Waals surface area contributed by atoms with Gasteiger partial charge in [-0.25, -0.2) is 14.8 Å². The van der Waals surface area contributed by atoms with Crippen LogP contribution in [0.4, 0.5) is 10.6 Å². The quantitative estimate of drug-likeness (QED) is 0.932. The third-order valence-corrected chi connectivity index (χ3v) is 2.10. The lowest BCUT2D eigenvalue weighted by Crippen LogP contribution is -2.17. The van der Waals surface area contributed by atoms with E-state index in [2.05, 4.69) is 15.3 Å². The van der Waals surface area contributed by atoms with Gasteiger partial charge in [-0.3, -0.25) is 5.32 Å². The van der Waals surface area contributed by atoms with Crippen LogP contribution in [-0.4, -0.2) is 22.7 Å². The molecule has 0 saturated heterocycles. The molecule has 112 valence electrons. The summed E-state index contributed by atoms with van der Waals surface area (Å²) < 4.78 is 10.2. The minimum absolute atomic E-state index is 0.296. The highest BCUT2D eigenvalue weighted by atomic mass is 16.6. The fourth-order valence-corrected chi connectivity index (χ4v) is 1.33. The maximum atomic E-state index is 11.6. The fraction of sp³-hybridized carbons (Fsp3) is 0.267. The van der Waals surface area contributed by atoms with Crippen molar-refractivity contribution in [2.75, 3.05) is 11.9 Å². The number of ether oxygens (including phenoxy) is 2. The molecule has 0 aliphatic heterocycles. The highest BCUT2D eigenvalue weighted by Gasteiger charge is 2.06. The number of carbonyl (C=O) groups excluding carboxylic acids is 1. The van der Waals surface area contributed by atoms with Crippen molar-refractivity contribution in [3.05, 3.63) is 42.7 Å². The number of carbonyl (C=O) groups is 1. The van der Waals surface area contributed by atoms with Crippen molar-refractivity contribution in [2.24, 2.45) is 0 Å². The van der Waals surface area contributed by atoms with E-state index in [0.717, 1.165) is 0 Å². The normalized spacial score (nSPS) is 9.10. The van der Waals surface area contributed by atoms with Gasteiger partial charge in [-0.1, -0.05) is 32.0 Å². The number of rotatable bonds is 4. The van der Waals surface area contributed by atoms with E-state index in [4.69, 9.17) is 9.47 Å². The zero-order valence-corrected chi connectivity index (χ0v) is 12.4. The number of anilines is 1. The Morgan fingerprint density at radius 2 is 1.86 bits per heavy atom. The number of hydrogen-bond donors (Lipinski definition) is 1. The van der Waals surface area contributed by atoms with Gasteiger partial charge in [0.2, 0.25) is 5.88 Å². The lowest BCUT2D eigenvalue weighted by Gasteiger charge is -2.06. The predicted octanol–water partition coefficient (Wildman–Crippen LogP) is 3.51. The van der Waals surface area contributed by atoms with E-state index in [1.807, 2.05) is 26.8 Å². The molecule has 0 spiro atoms. The van der Waals surface area contributed by atoms with Gasteiger partial charge in [-0.15, -0.1) is 0 Å². The molecule has 1 heterocycles. The summed E-state index contributed by atoms with van der Waals surface area (Å²) in [6.45, 7) is 6.36. The Morgan fingerprint density at radius 1 is 1.14 bits per heavy atom. The highest BCUT2D eigenvalue weighted by Crippen LogP contribution is 2.11. The van der Waals surface area contributed by atoms with Gasteiger partial charge >= 0.3 is 6.09 Å². The zero-order valence-electron chi connectivity index (χ0n) is 12.4. The van der Waals surface area contributed by atoms with Crippen LogP contribution in [0.1, 0.15) is 20.8 Å². The molecular formula is C15H19N3O3. The summed E-state index contributed by atoms with van der Waals surface area (Å²) >= 11 is 0. The Kier molecular flexibility index (Phi) is 7.28. The van der Waals surface area contributed by atoms with Gasteiger partial charge < -0.3 is 9.47 Å². The molecule has 6 nitrogen and oxygen atoms in total. The van der Waals surface area contributed by atoms with Crippen LogP contribution in [0, 0.1) is 0 Å². The topological polar surface area (TPSA) is 73.3 Å². The molecule has 0 atom stereocenters. The van der Waals surface area contributed by atoms with Crippen molar-refractivity contribution in [1.82, 2.24) is 9.97 Å². The van der Waals surface area contributed by atoms with Crippen LogP contribution in [0.2, 0.25) is 0 Å². The Labute approximate surface area is 124 Å². The molecule has 0 fully saturated rings. The molecule has 0 unspecified atom stereocenters. The summed E-state index contributed by atoms with van der Waals surface area (Å²) in [6.07, 6.45) is 2.21. The van der Waals surface area contributed by atoms with E-state index in [1.165, 1.54) is 12.4 Å². The summed E-state index contributed by atoms with van der Waals surface area (Å²) in [5, 5.41) is 2.47. The summed E-state index contributed by atoms with van der Waals surface area (Å²) in [6, 6.07) is 8.76. The molecule has 0 bridgehead atoms. The number of nitrogens with one attached hydrogen (secondary N) is 1. The molecule has 0 aliphatic rings. The van der Waals surface area contributed by atoms with Gasteiger partial charge in [0, 0.05) is 0 Å². The van der Waals surface area contributed by atoms with E-state index in [1.54, 1.807) is 24.3 Å². The SMILES string of the molecule is CC.CCOc1cnc(NC(=O)Oc2ccccc2)cn1. The molecule has 21 heavy (non-hydrogen) atoms. The largest absolute Gasteiger partial charge is 0.477 e. The lowest BCUT2D eigenvalue weighted by molar-refractivity contribution is 0.215. The number of para-hydroxylation sites is 1. The standard InChI is InChI=1S/C13H13N3O3.C2H6/c1-2-18-12-9-14-11(8-15-12)16-13(17)19-10-6-4-3-5-7-10;1-2/h3-9H,2H2,1H3,(H,14,16,17);1-2H3. The van der Waals surface area contributed by atoms with Gasteiger partial charge in [0.1, 0.15) is 5.75 Å². The van der Waals surface area contributed by atoms with Crippen molar-refractivity contribution in [3.63, 3.8) is 0 Å². The predicted molar refractivity (Wildman–Crippen MR) is 80.6 cm³/mol. The summed E-state index contributed by atoms with van der Waals surface area (Å²) in [5.41, 5.74) is 0. The van der Waals surface area contributed by atoms with Gasteiger partial charge in [0.25, 0.3) is 0 Å². The molecule has 1 N–H and O–H groups in total. The maximum Gasteiger partial charge on any atom is 0.418 e. The number of benzene rings is 1. The van der Waals surface area contributed by atoms with E-state index in [9.17, 15) is 4.79 Å². The molecule has 2 rings (SSSR count). The molecule has 2 aromatic rings. The van der Waals surface area contributed by atoms with Crippen molar-refractivity contribution in [2.45, 2.75) is 20.8 Å². The van der Waals surface area contributed by atoms with Crippen LogP contribution in [-0.2, 0) is 0 Å². The first-order valence-electron chi connectivity index (χ1n) is 6.76. The van der Waals surface area contributed by atoms with Crippen molar-refractivity contribution < 1.29 is 14.3 Å². The lowest BCUT2D eigenvalue weighted by atomic mass is 10.3. The Balaban J connectivity index is 0.00000106. The molecule has 1 aromatic heterocycles. The number of nitrogens with zero attached hydrogens (tertiary/aromatic N) is 2. The first-order valence-corrected chi connectivity index (χ1v) is 6.76. The van der Waals surface area contributed by atoms with Gasteiger partial charge in [0.05, 0.1) is 19.0 Å². The molecule has 0 aliphatic carbocycles. The third kappa shape index (κ3) is 5.90. The second-order valence-corrected chi connectivity index (χ2v) is 3.50. The van der Waals surface area contributed by atoms with E-state index in [-0.39, 0.29) is 0 Å². The van der Waals surface area contributed by atoms with Crippen LogP contribution >= 0.6 is 0 Å². The Hall–Kier alpha value is -2.63. The molecule has 0 saturated carbocycles. The number of aromatic nitrogens is 2. The average Bonchev–Trinajstić information content (AvgIpc) is 2.52. The third-order valence-electron chi connectivity index (χ3n) is 2.10. The van der Waals surface area contributed by atoms with Crippen molar-refractivity contribution in [3.8, 4) is 11.6 Å². The van der Waals surface area contributed by atoms with Crippen LogP contribution in [0.15, 0.2) is 42.7 Å². The molecule has 1 amide bonds. The molecule has 6 heteroatoms. The van der Waals surface area contributed by atoms with Crippen LogP contribution in [0.3, 0.4) is 0 Å². The molecular weight excluding hydrogens is 270 g/mol. The van der Waals surface area contributed by atoms with Crippen molar-refractivity contribution in [1.29, 1.82) is 0 Å². The smallest absolute Gasteiger partial charge is 0.418 e. The summed E-state index contributed by atoms with van der Waals surface area (Å²) in [5.74, 6) is 1.16. The maximum absolute atomic E-state index is 11.6. The van der Waals surface area contributed by atoms with E-state index >= 15 is 0 Å². The summed E-state index contributed by atoms with van der Waals surface area (Å²) in [4.78, 5) is 19.5. The second kappa shape index (κ2) is 9.30. The minimum atomic E-state index is -0.621. The monoisotopic (exact) mass is 289 g/mol. The first-order chi connectivity index (χ1) is 10.3. The van der Waals surface area contributed by atoms with Crippen LogP contribution < -0.4 is 14.8 Å². The average molecular weight is 289 g/mol. The van der Waals surface area contributed by atoms with Crippen LogP contribution in [0.25, 0.3) is 0 Å². The van der Waals surface area contributed by atoms with Crippen molar-refractivity contribution >= 4 is 11.9 Å². The minimum Gasteiger partial charge on any atom is -0.477 e. The van der Waals surface area contributed by atoms with Gasteiger partial charge in [-0.2, -0.15) is 0 Å². The first kappa shape index (κ1) is 16.4. The fourth-order valence-electron chi connectivity index (χ4n) is 1.33. The van der Waals surface area contributed by atoms with Gasteiger partial charge in [-0.05, 0) is 19.1 Å². The number of amides is 1. The Bertz CT molecular complexity index is 530.